The highest BCUT2D eigenvalue weighted by Gasteiger charge is 2.22. The molecule has 0 amide bonds. The molecule has 106 valence electrons. The zero-order valence-electron chi connectivity index (χ0n) is 11.6. The summed E-state index contributed by atoms with van der Waals surface area (Å²) in [5.41, 5.74) is 8.39. The molecule has 1 aromatic rings. The Morgan fingerprint density at radius 2 is 2.16 bits per heavy atom. The molecule has 4 heteroatoms. The van der Waals surface area contributed by atoms with Gasteiger partial charge in [0, 0.05) is 6.04 Å². The van der Waals surface area contributed by atoms with Crippen LogP contribution in [0.4, 0.5) is 0 Å². The second-order valence-corrected chi connectivity index (χ2v) is 5.32. The summed E-state index contributed by atoms with van der Waals surface area (Å²) in [7, 11) is 0. The predicted molar refractivity (Wildman–Crippen MR) is 74.3 cm³/mol. The van der Waals surface area contributed by atoms with Gasteiger partial charge in [0.15, 0.2) is 0 Å². The number of hydrogen-bond donors (Lipinski definition) is 2. The van der Waals surface area contributed by atoms with Gasteiger partial charge in [0.25, 0.3) is 0 Å². The van der Waals surface area contributed by atoms with Gasteiger partial charge in [0.1, 0.15) is 18.5 Å². The molecule has 0 spiro atoms. The number of hydrogen-bond acceptors (Lipinski definition) is 4. The number of benzene rings is 1. The minimum absolute atomic E-state index is 0.118. The normalized spacial score (nSPS) is 19.5. The van der Waals surface area contributed by atoms with Gasteiger partial charge < -0.3 is 20.3 Å². The van der Waals surface area contributed by atoms with Crippen LogP contribution >= 0.6 is 0 Å². The lowest BCUT2D eigenvalue weighted by Gasteiger charge is -2.16. The fraction of sp³-hybridized carbons (Fsp3) is 0.600. The SMILES string of the molecule is CC(C)OCC(O)COc1cccc2c1CCC2N. The van der Waals surface area contributed by atoms with Crippen LogP contribution in [0.3, 0.4) is 0 Å². The van der Waals surface area contributed by atoms with E-state index in [2.05, 4.69) is 6.07 Å². The van der Waals surface area contributed by atoms with Crippen LogP contribution in [0.5, 0.6) is 5.75 Å². The van der Waals surface area contributed by atoms with Gasteiger partial charge in [0.05, 0.1) is 12.7 Å². The zero-order valence-corrected chi connectivity index (χ0v) is 11.6. The van der Waals surface area contributed by atoms with Crippen molar-refractivity contribution in [2.75, 3.05) is 13.2 Å². The van der Waals surface area contributed by atoms with Crippen molar-refractivity contribution >= 4 is 0 Å². The first-order valence-electron chi connectivity index (χ1n) is 6.87. The molecule has 4 nitrogen and oxygen atoms in total. The number of aliphatic hydroxyl groups is 1. The molecule has 0 heterocycles. The standard InChI is InChI=1S/C15H23NO3/c1-10(2)18-8-11(17)9-19-15-5-3-4-12-13(15)6-7-14(12)16/h3-5,10-11,14,17H,6-9,16H2,1-2H3. The molecule has 0 aromatic heterocycles. The van der Waals surface area contributed by atoms with Gasteiger partial charge >= 0.3 is 0 Å². The van der Waals surface area contributed by atoms with Crippen molar-refractivity contribution in [3.8, 4) is 5.75 Å². The van der Waals surface area contributed by atoms with Crippen LogP contribution in [0, 0.1) is 0 Å². The van der Waals surface area contributed by atoms with E-state index in [1.165, 1.54) is 11.1 Å². The van der Waals surface area contributed by atoms with Gasteiger partial charge in [-0.15, -0.1) is 0 Å². The number of aliphatic hydroxyl groups excluding tert-OH is 1. The van der Waals surface area contributed by atoms with Gasteiger partial charge in [-0.2, -0.15) is 0 Å². The average Bonchev–Trinajstić information content (AvgIpc) is 2.76. The van der Waals surface area contributed by atoms with Crippen molar-refractivity contribution in [2.45, 2.75) is 44.9 Å². The summed E-state index contributed by atoms with van der Waals surface area (Å²) >= 11 is 0. The third-order valence-electron chi connectivity index (χ3n) is 3.33. The Morgan fingerprint density at radius 1 is 1.37 bits per heavy atom. The van der Waals surface area contributed by atoms with Crippen molar-refractivity contribution in [2.24, 2.45) is 5.73 Å². The molecule has 2 rings (SSSR count). The molecule has 1 aromatic carbocycles. The first-order valence-corrected chi connectivity index (χ1v) is 6.87. The first-order chi connectivity index (χ1) is 9.08. The molecule has 1 aliphatic rings. The molecule has 0 bridgehead atoms. The maximum absolute atomic E-state index is 9.79. The summed E-state index contributed by atoms with van der Waals surface area (Å²) in [6, 6.07) is 6.06. The summed E-state index contributed by atoms with van der Waals surface area (Å²) in [5.74, 6) is 0.842. The van der Waals surface area contributed by atoms with E-state index in [1.807, 2.05) is 26.0 Å². The molecule has 1 aliphatic carbocycles. The van der Waals surface area contributed by atoms with Crippen molar-refractivity contribution in [3.63, 3.8) is 0 Å². The number of nitrogens with two attached hydrogens (primary N) is 1. The molecular formula is C15H23NO3. The molecular weight excluding hydrogens is 242 g/mol. The highest BCUT2D eigenvalue weighted by Crippen LogP contribution is 2.35. The maximum atomic E-state index is 9.79. The lowest BCUT2D eigenvalue weighted by molar-refractivity contribution is -0.0124. The molecule has 2 atom stereocenters. The Balaban J connectivity index is 1.90. The van der Waals surface area contributed by atoms with Crippen molar-refractivity contribution in [3.05, 3.63) is 29.3 Å². The van der Waals surface area contributed by atoms with E-state index < -0.39 is 6.10 Å². The molecule has 19 heavy (non-hydrogen) atoms. The average molecular weight is 265 g/mol. The smallest absolute Gasteiger partial charge is 0.122 e. The van der Waals surface area contributed by atoms with E-state index in [9.17, 15) is 5.11 Å². The minimum Gasteiger partial charge on any atom is -0.491 e. The predicted octanol–water partition coefficient (Wildman–Crippen LogP) is 1.80. The van der Waals surface area contributed by atoms with Gasteiger partial charge in [0.2, 0.25) is 0 Å². The lowest BCUT2D eigenvalue weighted by atomic mass is 10.1. The monoisotopic (exact) mass is 265 g/mol. The maximum Gasteiger partial charge on any atom is 0.122 e. The minimum atomic E-state index is -0.603. The van der Waals surface area contributed by atoms with Crippen LogP contribution in [0.15, 0.2) is 18.2 Å². The third-order valence-corrected chi connectivity index (χ3v) is 3.33. The highest BCUT2D eigenvalue weighted by atomic mass is 16.5. The van der Waals surface area contributed by atoms with Gasteiger partial charge in [-0.05, 0) is 43.9 Å². The number of ether oxygens (including phenoxy) is 2. The Hall–Kier alpha value is -1.10. The number of fused-ring (bicyclic) bond motifs is 1. The molecule has 0 radical (unpaired) electrons. The number of rotatable bonds is 6. The van der Waals surface area contributed by atoms with Crippen LogP contribution in [0.1, 0.15) is 37.4 Å². The fourth-order valence-corrected chi connectivity index (χ4v) is 2.33. The van der Waals surface area contributed by atoms with Crippen molar-refractivity contribution in [1.29, 1.82) is 0 Å². The van der Waals surface area contributed by atoms with Crippen molar-refractivity contribution < 1.29 is 14.6 Å². The quantitative estimate of drug-likeness (QED) is 0.823. The van der Waals surface area contributed by atoms with Crippen molar-refractivity contribution in [1.82, 2.24) is 0 Å². The van der Waals surface area contributed by atoms with Crippen LogP contribution < -0.4 is 10.5 Å². The summed E-state index contributed by atoms with van der Waals surface area (Å²) in [4.78, 5) is 0. The fourth-order valence-electron chi connectivity index (χ4n) is 2.33. The van der Waals surface area contributed by atoms with Crippen LogP contribution in [-0.4, -0.2) is 30.5 Å². The third kappa shape index (κ3) is 3.69. The Morgan fingerprint density at radius 3 is 2.89 bits per heavy atom. The molecule has 0 saturated carbocycles. The first kappa shape index (κ1) is 14.3. The molecule has 0 saturated heterocycles. The molecule has 3 N–H and O–H groups in total. The van der Waals surface area contributed by atoms with E-state index in [0.717, 1.165) is 18.6 Å². The second kappa shape index (κ2) is 6.37. The second-order valence-electron chi connectivity index (χ2n) is 5.32. The Bertz CT molecular complexity index is 420. The highest BCUT2D eigenvalue weighted by molar-refractivity contribution is 5.44. The lowest BCUT2D eigenvalue weighted by Crippen LogP contribution is -2.25. The van der Waals surface area contributed by atoms with E-state index in [1.54, 1.807) is 0 Å². The van der Waals surface area contributed by atoms with Crippen LogP contribution in [0.25, 0.3) is 0 Å². The van der Waals surface area contributed by atoms with Gasteiger partial charge in [-0.1, -0.05) is 12.1 Å². The van der Waals surface area contributed by atoms with E-state index in [-0.39, 0.29) is 18.8 Å². The summed E-state index contributed by atoms with van der Waals surface area (Å²) in [6.45, 7) is 4.43. The van der Waals surface area contributed by atoms with Gasteiger partial charge in [-0.3, -0.25) is 0 Å². The van der Waals surface area contributed by atoms with Crippen LogP contribution in [0.2, 0.25) is 0 Å². The summed E-state index contributed by atoms with van der Waals surface area (Å²) in [6.07, 6.45) is 1.43. The zero-order chi connectivity index (χ0) is 13.8. The van der Waals surface area contributed by atoms with Gasteiger partial charge in [-0.25, -0.2) is 0 Å². The van der Waals surface area contributed by atoms with E-state index in [0.29, 0.717) is 6.61 Å². The molecule has 2 unspecified atom stereocenters. The summed E-state index contributed by atoms with van der Waals surface area (Å²) in [5, 5.41) is 9.79. The van der Waals surface area contributed by atoms with Crippen LogP contribution in [-0.2, 0) is 11.2 Å². The Kier molecular flexibility index (Phi) is 4.80. The van der Waals surface area contributed by atoms with E-state index >= 15 is 0 Å². The largest absolute Gasteiger partial charge is 0.491 e. The molecule has 0 aliphatic heterocycles. The topological polar surface area (TPSA) is 64.7 Å². The Labute approximate surface area is 114 Å². The summed E-state index contributed by atoms with van der Waals surface area (Å²) < 4.78 is 11.1. The van der Waals surface area contributed by atoms with E-state index in [4.69, 9.17) is 15.2 Å². The molecule has 0 fully saturated rings.